The van der Waals surface area contributed by atoms with E-state index < -0.39 is 0 Å². The van der Waals surface area contributed by atoms with Gasteiger partial charge in [-0.15, -0.1) is 11.3 Å². The Hall–Kier alpha value is -1.35. The second-order valence-corrected chi connectivity index (χ2v) is 6.76. The Morgan fingerprint density at radius 1 is 1.48 bits per heavy atom. The first-order chi connectivity index (χ1) is 10.2. The number of rotatable bonds is 1. The van der Waals surface area contributed by atoms with Crippen LogP contribution in [0.25, 0.3) is 0 Å². The Bertz CT molecular complexity index is 598. The van der Waals surface area contributed by atoms with E-state index in [1.54, 1.807) is 0 Å². The van der Waals surface area contributed by atoms with Crippen LogP contribution in [0.15, 0.2) is 6.07 Å². The number of nitrogens with two attached hydrogens (primary N) is 1. The van der Waals surface area contributed by atoms with Gasteiger partial charge in [-0.05, 0) is 37.9 Å². The average Bonchev–Trinajstić information content (AvgIpc) is 3.10. The third kappa shape index (κ3) is 2.98. The summed E-state index contributed by atoms with van der Waals surface area (Å²) in [5.74, 6) is 6.08. The molecule has 2 aliphatic heterocycles. The summed E-state index contributed by atoms with van der Waals surface area (Å²) in [5.41, 5.74) is 6.48. The minimum absolute atomic E-state index is 0.162. The first-order valence-electron chi connectivity index (χ1n) is 7.51. The highest BCUT2D eigenvalue weighted by atomic mass is 32.1. The number of carbonyl (C=O) groups is 1. The molecule has 0 radical (unpaired) electrons. The van der Waals surface area contributed by atoms with Crippen LogP contribution in [0, 0.1) is 18.8 Å². The van der Waals surface area contributed by atoms with Crippen molar-refractivity contribution in [1.82, 2.24) is 9.80 Å². The average molecular weight is 303 g/mol. The highest BCUT2D eigenvalue weighted by Crippen LogP contribution is 2.26. The third-order valence-electron chi connectivity index (χ3n) is 4.31. The second kappa shape index (κ2) is 6.18. The molecule has 2 fully saturated rings. The highest BCUT2D eigenvalue weighted by Gasteiger charge is 2.33. The van der Waals surface area contributed by atoms with Crippen LogP contribution in [0.4, 0.5) is 0 Å². The van der Waals surface area contributed by atoms with Crippen molar-refractivity contribution in [3.8, 4) is 11.8 Å². The standard InChI is InChI=1S/C16H21N3OS/c1-12-10-15(21-14(12)5-2-6-17)16(20)19-9-8-18-7-3-4-13(18)11-19/h10,13H,3-4,6-9,11,17H2,1H3. The molecule has 112 valence electrons. The van der Waals surface area contributed by atoms with Gasteiger partial charge in [-0.2, -0.15) is 0 Å². The molecule has 3 rings (SSSR count). The van der Waals surface area contributed by atoms with Gasteiger partial charge >= 0.3 is 0 Å². The zero-order valence-corrected chi connectivity index (χ0v) is 13.2. The maximum atomic E-state index is 12.7. The van der Waals surface area contributed by atoms with Crippen molar-refractivity contribution >= 4 is 17.2 Å². The molecular weight excluding hydrogens is 282 g/mol. The lowest BCUT2D eigenvalue weighted by Crippen LogP contribution is -2.51. The van der Waals surface area contributed by atoms with Crippen molar-refractivity contribution < 1.29 is 4.79 Å². The van der Waals surface area contributed by atoms with Crippen molar-refractivity contribution in [2.45, 2.75) is 25.8 Å². The van der Waals surface area contributed by atoms with Gasteiger partial charge in [-0.25, -0.2) is 0 Å². The molecule has 1 aromatic heterocycles. The fraction of sp³-hybridized carbons (Fsp3) is 0.562. The van der Waals surface area contributed by atoms with E-state index in [2.05, 4.69) is 16.7 Å². The smallest absolute Gasteiger partial charge is 0.264 e. The molecule has 5 heteroatoms. The van der Waals surface area contributed by atoms with Crippen LogP contribution in [0.1, 0.15) is 33.0 Å². The zero-order chi connectivity index (χ0) is 14.8. The molecule has 0 aliphatic carbocycles. The summed E-state index contributed by atoms with van der Waals surface area (Å²) in [4.78, 5) is 19.0. The maximum Gasteiger partial charge on any atom is 0.264 e. The Kier molecular flexibility index (Phi) is 4.29. The number of nitrogens with zero attached hydrogens (tertiary/aromatic N) is 2. The fourth-order valence-electron chi connectivity index (χ4n) is 3.17. The Morgan fingerprint density at radius 2 is 2.33 bits per heavy atom. The highest BCUT2D eigenvalue weighted by molar-refractivity contribution is 7.14. The van der Waals surface area contributed by atoms with Crippen molar-refractivity contribution in [2.75, 3.05) is 32.7 Å². The van der Waals surface area contributed by atoms with E-state index in [-0.39, 0.29) is 5.91 Å². The molecule has 2 aliphatic rings. The van der Waals surface area contributed by atoms with Crippen LogP contribution >= 0.6 is 11.3 Å². The zero-order valence-electron chi connectivity index (χ0n) is 12.4. The summed E-state index contributed by atoms with van der Waals surface area (Å²) < 4.78 is 0. The topological polar surface area (TPSA) is 49.6 Å². The molecule has 0 spiro atoms. The van der Waals surface area contributed by atoms with Crippen LogP contribution < -0.4 is 5.73 Å². The first-order valence-corrected chi connectivity index (χ1v) is 8.33. The molecule has 3 heterocycles. The van der Waals surface area contributed by atoms with Gasteiger partial charge in [0.15, 0.2) is 0 Å². The van der Waals surface area contributed by atoms with Crippen LogP contribution in [-0.2, 0) is 0 Å². The second-order valence-electron chi connectivity index (χ2n) is 5.71. The summed E-state index contributed by atoms with van der Waals surface area (Å²) in [6.07, 6.45) is 2.49. The summed E-state index contributed by atoms with van der Waals surface area (Å²) in [6, 6.07) is 2.54. The van der Waals surface area contributed by atoms with Gasteiger partial charge in [0.25, 0.3) is 5.91 Å². The van der Waals surface area contributed by atoms with E-state index in [1.165, 1.54) is 30.7 Å². The lowest BCUT2D eigenvalue weighted by atomic mass is 10.1. The summed E-state index contributed by atoms with van der Waals surface area (Å²) in [6.45, 7) is 6.28. The maximum absolute atomic E-state index is 12.7. The molecule has 2 N–H and O–H groups in total. The van der Waals surface area contributed by atoms with E-state index in [0.717, 1.165) is 35.0 Å². The number of hydrogen-bond acceptors (Lipinski definition) is 4. The van der Waals surface area contributed by atoms with Gasteiger partial charge in [0.2, 0.25) is 0 Å². The number of piperazine rings is 1. The van der Waals surface area contributed by atoms with Gasteiger partial charge < -0.3 is 10.6 Å². The normalized spacial score (nSPS) is 21.8. The van der Waals surface area contributed by atoms with Crippen molar-refractivity contribution in [3.05, 3.63) is 21.4 Å². The lowest BCUT2D eigenvalue weighted by molar-refractivity contribution is 0.0576. The number of aryl methyl sites for hydroxylation is 1. The van der Waals surface area contributed by atoms with Gasteiger partial charge in [-0.3, -0.25) is 9.69 Å². The lowest BCUT2D eigenvalue weighted by Gasteiger charge is -2.37. The summed E-state index contributed by atoms with van der Waals surface area (Å²) in [7, 11) is 0. The summed E-state index contributed by atoms with van der Waals surface area (Å²) in [5, 5.41) is 0. The molecule has 4 nitrogen and oxygen atoms in total. The first kappa shape index (κ1) is 14.6. The van der Waals surface area contributed by atoms with Crippen molar-refractivity contribution in [1.29, 1.82) is 0 Å². The monoisotopic (exact) mass is 303 g/mol. The van der Waals surface area contributed by atoms with Crippen LogP contribution in [0.2, 0.25) is 0 Å². The van der Waals surface area contributed by atoms with Crippen molar-refractivity contribution in [2.24, 2.45) is 5.73 Å². The summed E-state index contributed by atoms with van der Waals surface area (Å²) >= 11 is 1.49. The number of amides is 1. The molecule has 1 amide bonds. The molecule has 0 saturated carbocycles. The predicted molar refractivity (Wildman–Crippen MR) is 85.5 cm³/mol. The quantitative estimate of drug-likeness (QED) is 0.795. The number of hydrogen-bond donors (Lipinski definition) is 1. The minimum atomic E-state index is 0.162. The minimum Gasteiger partial charge on any atom is -0.335 e. The third-order valence-corrected chi connectivity index (χ3v) is 5.45. The SMILES string of the molecule is Cc1cc(C(=O)N2CCN3CCCC3C2)sc1C#CCN. The van der Waals surface area contributed by atoms with E-state index in [1.807, 2.05) is 17.9 Å². The molecule has 0 aromatic carbocycles. The molecule has 1 unspecified atom stereocenters. The van der Waals surface area contributed by atoms with Crippen LogP contribution in [-0.4, -0.2) is 54.5 Å². The molecule has 0 bridgehead atoms. The molecule has 21 heavy (non-hydrogen) atoms. The predicted octanol–water partition coefficient (Wildman–Crippen LogP) is 1.29. The van der Waals surface area contributed by atoms with Gasteiger partial charge in [0, 0.05) is 25.7 Å². The molecular formula is C16H21N3OS. The van der Waals surface area contributed by atoms with Gasteiger partial charge in [0.05, 0.1) is 16.3 Å². The van der Waals surface area contributed by atoms with Crippen molar-refractivity contribution in [3.63, 3.8) is 0 Å². The largest absolute Gasteiger partial charge is 0.335 e. The number of fused-ring (bicyclic) bond motifs is 1. The fourth-order valence-corrected chi connectivity index (χ4v) is 4.19. The number of carbonyl (C=O) groups excluding carboxylic acids is 1. The Balaban J connectivity index is 1.73. The molecule has 2 saturated heterocycles. The van der Waals surface area contributed by atoms with Crippen LogP contribution in [0.5, 0.6) is 0 Å². The van der Waals surface area contributed by atoms with E-state index in [0.29, 0.717) is 12.6 Å². The Morgan fingerprint density at radius 3 is 3.14 bits per heavy atom. The van der Waals surface area contributed by atoms with Crippen LogP contribution in [0.3, 0.4) is 0 Å². The molecule has 1 aromatic rings. The Labute approximate surface area is 129 Å². The molecule has 1 atom stereocenters. The van der Waals surface area contributed by atoms with Gasteiger partial charge in [-0.1, -0.05) is 11.8 Å². The van der Waals surface area contributed by atoms with Gasteiger partial charge in [0.1, 0.15) is 0 Å². The van der Waals surface area contributed by atoms with E-state index >= 15 is 0 Å². The van der Waals surface area contributed by atoms with E-state index in [4.69, 9.17) is 5.73 Å². The number of thiophene rings is 1. The van der Waals surface area contributed by atoms with E-state index in [9.17, 15) is 4.79 Å².